The predicted octanol–water partition coefficient (Wildman–Crippen LogP) is 3.70. The second-order valence-electron chi connectivity index (χ2n) is 10.5. The van der Waals surface area contributed by atoms with E-state index in [9.17, 15) is 19.8 Å². The van der Waals surface area contributed by atoms with Gasteiger partial charge in [-0.05, 0) is 56.0 Å². The SMILES string of the molecule is C=CCN1CC[C@]23c4c5ccc(O)c4O[C@H]2[C@H](N2C(=O)c4cc(Cl)c(Cl)cc4C2=O)CC[C@@]3(O)[C@@H]1C5. The van der Waals surface area contributed by atoms with Crippen LogP contribution in [0.2, 0.25) is 10.0 Å². The molecule has 2 N–H and O–H groups in total. The number of carbonyl (C=O) groups is 2. The molecule has 2 amide bonds. The maximum Gasteiger partial charge on any atom is 0.261 e. The molecule has 2 fully saturated rings. The predicted molar refractivity (Wildman–Crippen MR) is 133 cm³/mol. The van der Waals surface area contributed by atoms with Gasteiger partial charge in [-0.15, -0.1) is 6.58 Å². The first-order valence-electron chi connectivity index (χ1n) is 12.2. The summed E-state index contributed by atoms with van der Waals surface area (Å²) in [5.41, 5.74) is 0.285. The molecule has 1 saturated heterocycles. The molecule has 2 aliphatic carbocycles. The lowest BCUT2D eigenvalue weighted by Gasteiger charge is -2.64. The number of piperidine rings is 1. The van der Waals surface area contributed by atoms with E-state index in [1.165, 1.54) is 17.0 Å². The molecule has 7 nitrogen and oxygen atoms in total. The van der Waals surface area contributed by atoms with E-state index in [0.29, 0.717) is 44.5 Å². The summed E-state index contributed by atoms with van der Waals surface area (Å²) >= 11 is 12.3. The molecule has 2 aromatic rings. The number of aliphatic hydroxyl groups is 1. The third-order valence-electron chi connectivity index (χ3n) is 9.20. The van der Waals surface area contributed by atoms with Gasteiger partial charge < -0.3 is 14.9 Å². The fourth-order valence-electron chi connectivity index (χ4n) is 7.81. The first-order chi connectivity index (χ1) is 17.2. The van der Waals surface area contributed by atoms with Gasteiger partial charge >= 0.3 is 0 Å². The van der Waals surface area contributed by atoms with Crippen LogP contribution in [0, 0.1) is 0 Å². The molecular formula is C27H24Cl2N2O5. The maximum atomic E-state index is 13.6. The number of carbonyl (C=O) groups excluding carboxylic acids is 2. The smallest absolute Gasteiger partial charge is 0.261 e. The number of phenols is 1. The van der Waals surface area contributed by atoms with E-state index in [1.807, 2.05) is 12.1 Å². The molecule has 5 atom stereocenters. The standard InChI is InChI=1S/C27H24Cl2N2O5/c1-2-8-30-9-7-26-21-13-3-4-19(32)22(21)36-23(26)18(5-6-27(26,35)20(30)10-13)31-24(33)14-11-16(28)17(29)12-15(14)25(31)34/h2-4,11-12,18,20,23,32,35H,1,5-10H2/t18-,20+,23+,26+,27-/m1/s1. The number of phenolic OH excluding ortho intramolecular Hbond substituents is 1. The molecule has 0 radical (unpaired) electrons. The van der Waals surface area contributed by atoms with Gasteiger partial charge in [0.05, 0.1) is 38.2 Å². The number of hydrogen-bond acceptors (Lipinski definition) is 6. The molecule has 36 heavy (non-hydrogen) atoms. The van der Waals surface area contributed by atoms with Gasteiger partial charge in [0, 0.05) is 18.2 Å². The van der Waals surface area contributed by atoms with Crippen molar-refractivity contribution in [3.05, 3.63) is 69.2 Å². The average molecular weight is 527 g/mol. The highest BCUT2D eigenvalue weighted by Gasteiger charge is 2.74. The summed E-state index contributed by atoms with van der Waals surface area (Å²) in [5.74, 6) is -0.519. The molecule has 2 bridgehead atoms. The first kappa shape index (κ1) is 22.6. The number of benzene rings is 2. The van der Waals surface area contributed by atoms with Crippen molar-refractivity contribution in [2.45, 2.75) is 54.9 Å². The Morgan fingerprint density at radius 2 is 1.83 bits per heavy atom. The molecule has 7 rings (SSSR count). The number of hydrogen-bond donors (Lipinski definition) is 2. The lowest BCUT2D eigenvalue weighted by molar-refractivity contribution is -0.194. The number of nitrogens with zero attached hydrogens (tertiary/aromatic N) is 2. The molecule has 2 aromatic carbocycles. The Morgan fingerprint density at radius 1 is 1.14 bits per heavy atom. The van der Waals surface area contributed by atoms with E-state index in [4.69, 9.17) is 27.9 Å². The Hall–Kier alpha value is -2.58. The Labute approximate surface area is 217 Å². The number of ether oxygens (including phenoxy) is 1. The normalized spacial score (nSPS) is 33.9. The third-order valence-corrected chi connectivity index (χ3v) is 9.92. The number of fused-ring (bicyclic) bond motifs is 1. The van der Waals surface area contributed by atoms with E-state index in [0.717, 1.165) is 11.1 Å². The van der Waals surface area contributed by atoms with Crippen LogP contribution in [0.4, 0.5) is 0 Å². The van der Waals surface area contributed by atoms with E-state index >= 15 is 0 Å². The van der Waals surface area contributed by atoms with Crippen molar-refractivity contribution in [3.8, 4) is 11.5 Å². The van der Waals surface area contributed by atoms with Gasteiger partial charge in [-0.1, -0.05) is 35.3 Å². The van der Waals surface area contributed by atoms with Crippen molar-refractivity contribution in [1.82, 2.24) is 9.80 Å². The summed E-state index contributed by atoms with van der Waals surface area (Å²) < 4.78 is 6.49. The van der Waals surface area contributed by atoms with Gasteiger partial charge in [0.25, 0.3) is 11.8 Å². The van der Waals surface area contributed by atoms with Gasteiger partial charge in [-0.3, -0.25) is 19.4 Å². The van der Waals surface area contributed by atoms with E-state index in [1.54, 1.807) is 6.07 Å². The average Bonchev–Trinajstić information content (AvgIpc) is 3.31. The van der Waals surface area contributed by atoms with Gasteiger partial charge in [0.2, 0.25) is 0 Å². The van der Waals surface area contributed by atoms with Crippen LogP contribution >= 0.6 is 23.2 Å². The van der Waals surface area contributed by atoms with Crippen LogP contribution in [-0.4, -0.2) is 68.7 Å². The lowest BCUT2D eigenvalue weighted by Crippen LogP contribution is -2.78. The van der Waals surface area contributed by atoms with Crippen LogP contribution in [0.1, 0.15) is 51.1 Å². The minimum absolute atomic E-state index is 0.00604. The van der Waals surface area contributed by atoms with E-state index in [-0.39, 0.29) is 33.0 Å². The van der Waals surface area contributed by atoms with E-state index in [2.05, 4.69) is 11.5 Å². The highest BCUT2D eigenvalue weighted by Crippen LogP contribution is 2.66. The topological polar surface area (TPSA) is 90.3 Å². The fraction of sp³-hybridized carbons (Fsp3) is 0.407. The molecule has 1 saturated carbocycles. The van der Waals surface area contributed by atoms with Crippen molar-refractivity contribution in [2.75, 3.05) is 13.1 Å². The summed E-state index contributed by atoms with van der Waals surface area (Å²) in [6, 6.07) is 5.62. The van der Waals surface area contributed by atoms with Crippen LogP contribution in [0.3, 0.4) is 0 Å². The number of halogens is 2. The zero-order chi connectivity index (χ0) is 25.1. The minimum atomic E-state index is -1.15. The molecule has 9 heteroatoms. The Bertz CT molecular complexity index is 1350. The zero-order valence-electron chi connectivity index (χ0n) is 19.3. The van der Waals surface area contributed by atoms with Crippen LogP contribution in [0.25, 0.3) is 0 Å². The summed E-state index contributed by atoms with van der Waals surface area (Å²) in [4.78, 5) is 30.7. The lowest BCUT2D eigenvalue weighted by atomic mass is 9.48. The van der Waals surface area contributed by atoms with Crippen molar-refractivity contribution in [2.24, 2.45) is 0 Å². The van der Waals surface area contributed by atoms with Crippen molar-refractivity contribution >= 4 is 35.0 Å². The maximum absolute atomic E-state index is 13.6. The quantitative estimate of drug-likeness (QED) is 0.468. The fourth-order valence-corrected chi connectivity index (χ4v) is 8.13. The summed E-state index contributed by atoms with van der Waals surface area (Å²) in [6.07, 6.45) is 3.11. The number of amides is 2. The third kappa shape index (κ3) is 2.47. The zero-order valence-corrected chi connectivity index (χ0v) is 20.8. The number of rotatable bonds is 3. The second-order valence-corrected chi connectivity index (χ2v) is 11.3. The molecule has 1 spiro atoms. The van der Waals surface area contributed by atoms with Crippen molar-refractivity contribution < 1.29 is 24.5 Å². The van der Waals surface area contributed by atoms with Crippen molar-refractivity contribution in [3.63, 3.8) is 0 Å². The molecule has 5 aliphatic rings. The molecule has 186 valence electrons. The van der Waals surface area contributed by atoms with Crippen LogP contribution in [-0.2, 0) is 11.8 Å². The number of likely N-dealkylation sites (tertiary alicyclic amines) is 1. The largest absolute Gasteiger partial charge is 0.504 e. The highest BCUT2D eigenvalue weighted by atomic mass is 35.5. The number of aromatic hydroxyl groups is 1. The summed E-state index contributed by atoms with van der Waals surface area (Å²) in [7, 11) is 0. The monoisotopic (exact) mass is 526 g/mol. The van der Waals surface area contributed by atoms with Gasteiger partial charge in [-0.2, -0.15) is 0 Å². The highest BCUT2D eigenvalue weighted by molar-refractivity contribution is 6.43. The second kappa shape index (κ2) is 7.25. The Morgan fingerprint density at radius 3 is 2.50 bits per heavy atom. The van der Waals surface area contributed by atoms with Crippen molar-refractivity contribution in [1.29, 1.82) is 0 Å². The molecular weight excluding hydrogens is 503 g/mol. The molecule has 3 aliphatic heterocycles. The summed E-state index contributed by atoms with van der Waals surface area (Å²) in [6.45, 7) is 5.25. The van der Waals surface area contributed by atoms with Crippen LogP contribution < -0.4 is 4.74 Å². The van der Waals surface area contributed by atoms with Gasteiger partial charge in [-0.25, -0.2) is 0 Å². The Kier molecular flexibility index (Phi) is 4.56. The van der Waals surface area contributed by atoms with E-state index < -0.39 is 35.0 Å². The first-order valence-corrected chi connectivity index (χ1v) is 12.9. The van der Waals surface area contributed by atoms with Crippen LogP contribution in [0.5, 0.6) is 11.5 Å². The van der Waals surface area contributed by atoms with Gasteiger partial charge in [0.1, 0.15) is 6.10 Å². The Balaban J connectivity index is 1.39. The molecule has 0 aromatic heterocycles. The minimum Gasteiger partial charge on any atom is -0.504 e. The van der Waals surface area contributed by atoms with Gasteiger partial charge in [0.15, 0.2) is 11.5 Å². The van der Waals surface area contributed by atoms with Crippen LogP contribution in [0.15, 0.2) is 36.9 Å². The summed E-state index contributed by atoms with van der Waals surface area (Å²) in [5, 5.41) is 23.7. The molecule has 3 heterocycles. The molecule has 0 unspecified atom stereocenters. The number of imide groups is 1.